The number of ether oxygens (including phenoxy) is 1. The van der Waals surface area contributed by atoms with Crippen LogP contribution in [0.5, 0.6) is 5.75 Å². The highest BCUT2D eigenvalue weighted by Gasteiger charge is 2.56. The number of benzene rings is 2. The van der Waals surface area contributed by atoms with E-state index in [9.17, 15) is 14.0 Å². The third-order valence-corrected chi connectivity index (χ3v) is 5.07. The molecule has 0 aromatic heterocycles. The normalized spacial score (nSPS) is 14.2. The number of hydrogen-bond donors (Lipinski definition) is 2. The maximum absolute atomic E-state index is 12.9. The number of carbonyl (C=O) groups excluding carboxylic acids is 2. The first-order valence-electron chi connectivity index (χ1n) is 9.47. The Labute approximate surface area is 164 Å². The Morgan fingerprint density at radius 3 is 2.14 bits per heavy atom. The van der Waals surface area contributed by atoms with E-state index in [1.165, 1.54) is 12.1 Å². The van der Waals surface area contributed by atoms with Crippen LogP contribution < -0.4 is 15.4 Å². The number of nitrogens with one attached hydrogen (secondary N) is 2. The summed E-state index contributed by atoms with van der Waals surface area (Å²) in [4.78, 5) is 25.0. The molecule has 2 amide bonds. The first-order valence-corrected chi connectivity index (χ1v) is 9.47. The first-order chi connectivity index (χ1) is 13.5. The fraction of sp³-hybridized carbons (Fsp3) is 0.364. The summed E-state index contributed by atoms with van der Waals surface area (Å²) in [6.45, 7) is 0.889. The Bertz CT molecular complexity index is 832. The van der Waals surface area contributed by atoms with Crippen molar-refractivity contribution in [3.05, 3.63) is 65.5 Å². The Morgan fingerprint density at radius 1 is 0.964 bits per heavy atom. The summed E-state index contributed by atoms with van der Waals surface area (Å²) < 4.78 is 18.1. The van der Waals surface area contributed by atoms with Gasteiger partial charge in [-0.2, -0.15) is 0 Å². The van der Waals surface area contributed by atoms with Gasteiger partial charge in [-0.25, -0.2) is 4.39 Å². The summed E-state index contributed by atoms with van der Waals surface area (Å²) in [6.07, 6.45) is 2.41. The molecular formula is C22H25FN2O3. The fourth-order valence-electron chi connectivity index (χ4n) is 3.14. The van der Waals surface area contributed by atoms with Crippen LogP contribution in [0.4, 0.5) is 4.39 Å². The van der Waals surface area contributed by atoms with Crippen molar-refractivity contribution in [3.8, 4) is 5.75 Å². The van der Waals surface area contributed by atoms with Gasteiger partial charge >= 0.3 is 0 Å². The lowest BCUT2D eigenvalue weighted by molar-refractivity contribution is -0.137. The average molecular weight is 384 g/mol. The van der Waals surface area contributed by atoms with Crippen molar-refractivity contribution in [2.75, 3.05) is 20.2 Å². The topological polar surface area (TPSA) is 67.4 Å². The molecule has 0 radical (unpaired) electrons. The molecule has 1 fully saturated rings. The number of hydrogen-bond acceptors (Lipinski definition) is 3. The molecular weight excluding hydrogens is 359 g/mol. The minimum atomic E-state index is -0.933. The molecule has 0 unspecified atom stereocenters. The smallest absolute Gasteiger partial charge is 0.235 e. The third kappa shape index (κ3) is 4.88. The van der Waals surface area contributed by atoms with Crippen molar-refractivity contribution in [2.45, 2.75) is 25.7 Å². The quantitative estimate of drug-likeness (QED) is 0.653. The van der Waals surface area contributed by atoms with Crippen LogP contribution in [0.15, 0.2) is 48.5 Å². The summed E-state index contributed by atoms with van der Waals surface area (Å²) >= 11 is 0. The van der Waals surface area contributed by atoms with Gasteiger partial charge in [0.05, 0.1) is 7.11 Å². The van der Waals surface area contributed by atoms with E-state index in [1.807, 2.05) is 24.3 Å². The van der Waals surface area contributed by atoms with E-state index in [0.29, 0.717) is 38.8 Å². The van der Waals surface area contributed by atoms with Crippen molar-refractivity contribution in [1.29, 1.82) is 0 Å². The average Bonchev–Trinajstić information content (AvgIpc) is 3.52. The second kappa shape index (κ2) is 8.87. The van der Waals surface area contributed by atoms with Gasteiger partial charge in [-0.1, -0.05) is 24.3 Å². The molecule has 148 valence electrons. The number of rotatable bonds is 9. The van der Waals surface area contributed by atoms with Crippen molar-refractivity contribution in [3.63, 3.8) is 0 Å². The minimum absolute atomic E-state index is 0.213. The predicted molar refractivity (Wildman–Crippen MR) is 104 cm³/mol. The molecule has 2 aromatic rings. The van der Waals surface area contributed by atoms with Gasteiger partial charge in [0.2, 0.25) is 11.8 Å². The molecule has 1 aliphatic rings. The molecule has 0 saturated heterocycles. The zero-order chi connectivity index (χ0) is 20.0. The summed E-state index contributed by atoms with van der Waals surface area (Å²) in [5.74, 6) is 0.0570. The lowest BCUT2D eigenvalue weighted by atomic mass is 10.0. The largest absolute Gasteiger partial charge is 0.497 e. The van der Waals surface area contributed by atoms with Crippen molar-refractivity contribution in [2.24, 2.45) is 5.41 Å². The summed E-state index contributed by atoms with van der Waals surface area (Å²) in [5, 5.41) is 5.73. The van der Waals surface area contributed by atoms with Crippen LogP contribution in [0.3, 0.4) is 0 Å². The van der Waals surface area contributed by atoms with Crippen LogP contribution >= 0.6 is 0 Å². The van der Waals surface area contributed by atoms with E-state index in [-0.39, 0.29) is 17.6 Å². The summed E-state index contributed by atoms with van der Waals surface area (Å²) in [7, 11) is 1.62. The van der Waals surface area contributed by atoms with Crippen LogP contribution in [0.1, 0.15) is 24.0 Å². The lowest BCUT2D eigenvalue weighted by Crippen LogP contribution is -2.44. The molecule has 0 bridgehead atoms. The van der Waals surface area contributed by atoms with Crippen LogP contribution in [0, 0.1) is 11.2 Å². The van der Waals surface area contributed by atoms with Gasteiger partial charge in [-0.3, -0.25) is 9.59 Å². The minimum Gasteiger partial charge on any atom is -0.497 e. The highest BCUT2D eigenvalue weighted by Crippen LogP contribution is 2.46. The van der Waals surface area contributed by atoms with Gasteiger partial charge in [0, 0.05) is 13.1 Å². The predicted octanol–water partition coefficient (Wildman–Crippen LogP) is 2.63. The standard InChI is InChI=1S/C22H25FN2O3/c1-28-19-4-2-3-17(15-19)10-14-25-21(27)22(11-12-22)20(26)24-13-9-16-5-7-18(23)8-6-16/h2-8,15H,9-14H2,1H3,(H,24,26)(H,25,27). The molecule has 6 heteroatoms. The molecule has 0 atom stereocenters. The zero-order valence-electron chi connectivity index (χ0n) is 16.0. The van der Waals surface area contributed by atoms with E-state index in [0.717, 1.165) is 16.9 Å². The monoisotopic (exact) mass is 384 g/mol. The molecule has 2 N–H and O–H groups in total. The van der Waals surface area contributed by atoms with Crippen molar-refractivity contribution in [1.82, 2.24) is 10.6 Å². The Morgan fingerprint density at radius 2 is 1.57 bits per heavy atom. The summed E-state index contributed by atoms with van der Waals surface area (Å²) in [6, 6.07) is 13.9. The SMILES string of the molecule is COc1cccc(CCNC(=O)C2(C(=O)NCCc3ccc(F)cc3)CC2)c1. The maximum atomic E-state index is 12.9. The molecule has 1 aliphatic carbocycles. The number of methoxy groups -OCH3 is 1. The van der Waals surface area contributed by atoms with Gasteiger partial charge in [0.1, 0.15) is 17.0 Å². The van der Waals surface area contributed by atoms with E-state index >= 15 is 0 Å². The Balaban J connectivity index is 1.43. The molecule has 1 saturated carbocycles. The zero-order valence-corrected chi connectivity index (χ0v) is 16.0. The highest BCUT2D eigenvalue weighted by atomic mass is 19.1. The van der Waals surface area contributed by atoms with Crippen LogP contribution in [-0.2, 0) is 22.4 Å². The van der Waals surface area contributed by atoms with E-state index in [1.54, 1.807) is 19.2 Å². The first kappa shape index (κ1) is 19.9. The Hall–Kier alpha value is -2.89. The molecule has 0 heterocycles. The van der Waals surface area contributed by atoms with Crippen molar-refractivity contribution >= 4 is 11.8 Å². The van der Waals surface area contributed by atoms with Gasteiger partial charge in [0.25, 0.3) is 0 Å². The molecule has 0 aliphatic heterocycles. The molecule has 3 rings (SSSR count). The Kier molecular flexibility index (Phi) is 6.29. The molecule has 28 heavy (non-hydrogen) atoms. The van der Waals surface area contributed by atoms with E-state index < -0.39 is 5.41 Å². The number of amides is 2. The van der Waals surface area contributed by atoms with Crippen molar-refractivity contribution < 1.29 is 18.7 Å². The van der Waals surface area contributed by atoms with E-state index in [2.05, 4.69) is 10.6 Å². The van der Waals surface area contributed by atoms with Gasteiger partial charge < -0.3 is 15.4 Å². The molecule has 5 nitrogen and oxygen atoms in total. The van der Waals surface area contributed by atoms with E-state index in [4.69, 9.17) is 4.74 Å². The fourth-order valence-corrected chi connectivity index (χ4v) is 3.14. The number of carbonyl (C=O) groups is 2. The van der Waals surface area contributed by atoms with Crippen LogP contribution in [0.2, 0.25) is 0 Å². The van der Waals surface area contributed by atoms with Crippen LogP contribution in [-0.4, -0.2) is 32.0 Å². The lowest BCUT2D eigenvalue weighted by Gasteiger charge is -2.15. The maximum Gasteiger partial charge on any atom is 0.235 e. The highest BCUT2D eigenvalue weighted by molar-refractivity contribution is 6.07. The van der Waals surface area contributed by atoms with Crippen LogP contribution in [0.25, 0.3) is 0 Å². The molecule has 2 aromatic carbocycles. The third-order valence-electron chi connectivity index (χ3n) is 5.07. The second-order valence-electron chi connectivity index (χ2n) is 7.07. The molecule has 0 spiro atoms. The van der Waals surface area contributed by atoms with Gasteiger partial charge in [0.15, 0.2) is 0 Å². The van der Waals surface area contributed by atoms with Gasteiger partial charge in [-0.05, 0) is 61.1 Å². The van der Waals surface area contributed by atoms with Gasteiger partial charge in [-0.15, -0.1) is 0 Å². The summed E-state index contributed by atoms with van der Waals surface area (Å²) in [5.41, 5.74) is 1.07. The number of halogens is 1. The second-order valence-corrected chi connectivity index (χ2v) is 7.07.